The number of halogens is 1. The molecule has 2 unspecified atom stereocenters. The number of nitrogens with zero attached hydrogens (tertiary/aromatic N) is 3. The zero-order valence-corrected chi connectivity index (χ0v) is 21.2. The number of amides is 2. The summed E-state index contributed by atoms with van der Waals surface area (Å²) in [5.41, 5.74) is 11.8. The molecule has 2 aliphatic heterocycles. The van der Waals surface area contributed by atoms with E-state index < -0.39 is 0 Å². The molecule has 3 aromatic carbocycles. The molecule has 3 N–H and O–H groups in total. The summed E-state index contributed by atoms with van der Waals surface area (Å²) >= 11 is 0. The summed E-state index contributed by atoms with van der Waals surface area (Å²) in [6.45, 7) is 5.32. The summed E-state index contributed by atoms with van der Waals surface area (Å²) in [7, 11) is 2.14. The zero-order valence-electron chi connectivity index (χ0n) is 21.2. The Hall–Kier alpha value is -3.73. The first-order chi connectivity index (χ1) is 17.8. The van der Waals surface area contributed by atoms with Gasteiger partial charge in [-0.1, -0.05) is 36.4 Å². The number of fused-ring (bicyclic) bond motifs is 2. The number of piperidine rings is 2. The lowest BCUT2D eigenvalue weighted by molar-refractivity contribution is 0.0402. The molecule has 6 nitrogen and oxygen atoms in total. The van der Waals surface area contributed by atoms with E-state index in [0.717, 1.165) is 35.3 Å². The van der Waals surface area contributed by atoms with Gasteiger partial charge in [0.2, 0.25) is 0 Å². The molecule has 3 aromatic rings. The minimum atomic E-state index is -0.354. The van der Waals surface area contributed by atoms with Gasteiger partial charge in [0.25, 0.3) is 0 Å². The largest absolute Gasteiger partial charge is 0.326 e. The maximum absolute atomic E-state index is 13.8. The number of benzene rings is 3. The Morgan fingerprint density at radius 2 is 1.76 bits per heavy atom. The van der Waals surface area contributed by atoms with Crippen LogP contribution < -0.4 is 11.1 Å². The maximum Gasteiger partial charge on any atom is 0.321 e. The minimum absolute atomic E-state index is 0.177. The molecule has 0 radical (unpaired) electrons. The van der Waals surface area contributed by atoms with Gasteiger partial charge in [0, 0.05) is 38.4 Å². The summed E-state index contributed by atoms with van der Waals surface area (Å²) in [4.78, 5) is 17.3. The van der Waals surface area contributed by atoms with Crippen LogP contribution >= 0.6 is 0 Å². The highest BCUT2D eigenvalue weighted by Crippen LogP contribution is 2.42. The predicted octanol–water partition coefficient (Wildman–Crippen LogP) is 4.94. The number of hydrogen-bond acceptors (Lipinski definition) is 4. The van der Waals surface area contributed by atoms with Crippen LogP contribution in [0.25, 0.3) is 11.1 Å². The van der Waals surface area contributed by atoms with Crippen molar-refractivity contribution in [2.45, 2.75) is 19.4 Å². The van der Waals surface area contributed by atoms with E-state index in [4.69, 9.17) is 5.73 Å². The van der Waals surface area contributed by atoms with Crippen LogP contribution in [0, 0.1) is 35.9 Å². The molecule has 2 amide bonds. The van der Waals surface area contributed by atoms with E-state index in [1.165, 1.54) is 17.7 Å². The van der Waals surface area contributed by atoms with E-state index in [0.29, 0.717) is 48.6 Å². The van der Waals surface area contributed by atoms with Gasteiger partial charge in [-0.05, 0) is 83.8 Å². The van der Waals surface area contributed by atoms with Crippen LogP contribution in [0.5, 0.6) is 0 Å². The molecule has 2 fully saturated rings. The average molecular weight is 498 g/mol. The number of carbonyl (C=O) groups is 1. The number of aryl methyl sites for hydroxylation is 1. The van der Waals surface area contributed by atoms with Gasteiger partial charge in [0.1, 0.15) is 5.82 Å². The van der Waals surface area contributed by atoms with Crippen molar-refractivity contribution in [2.24, 2.45) is 17.6 Å². The number of nitrogens with one attached hydrogen (secondary N) is 1. The molecule has 2 heterocycles. The van der Waals surface area contributed by atoms with Crippen LogP contribution in [0.15, 0.2) is 60.7 Å². The molecule has 0 spiro atoms. The van der Waals surface area contributed by atoms with E-state index in [1.54, 1.807) is 6.07 Å². The van der Waals surface area contributed by atoms with Crippen LogP contribution in [-0.4, -0.2) is 49.1 Å². The Morgan fingerprint density at radius 1 is 1.05 bits per heavy atom. The van der Waals surface area contributed by atoms with Crippen molar-refractivity contribution >= 4 is 11.7 Å². The smallest absolute Gasteiger partial charge is 0.321 e. The van der Waals surface area contributed by atoms with E-state index >= 15 is 0 Å². The second-order valence-electron chi connectivity index (χ2n) is 10.4. The molecule has 0 aliphatic carbocycles. The number of hydrogen-bond donors (Lipinski definition) is 2. The highest BCUT2D eigenvalue weighted by atomic mass is 19.1. The van der Waals surface area contributed by atoms with Gasteiger partial charge in [-0.3, -0.25) is 0 Å². The monoisotopic (exact) mass is 497 g/mol. The van der Waals surface area contributed by atoms with E-state index in [9.17, 15) is 14.4 Å². The molecule has 2 bridgehead atoms. The Morgan fingerprint density at radius 3 is 2.38 bits per heavy atom. The first-order valence-corrected chi connectivity index (χ1v) is 12.7. The number of urea groups is 1. The lowest BCUT2D eigenvalue weighted by Gasteiger charge is -2.50. The molecule has 190 valence electrons. The van der Waals surface area contributed by atoms with Crippen molar-refractivity contribution < 1.29 is 9.18 Å². The number of rotatable bonds is 4. The van der Waals surface area contributed by atoms with Gasteiger partial charge in [-0.2, -0.15) is 5.26 Å². The van der Waals surface area contributed by atoms with Gasteiger partial charge >= 0.3 is 6.03 Å². The number of carbonyl (C=O) groups excluding carboxylic acids is 1. The number of nitrogens with two attached hydrogens (primary N) is 1. The number of nitriles is 1. The summed E-state index contributed by atoms with van der Waals surface area (Å²) < 4.78 is 13.8. The molecule has 0 saturated carbocycles. The maximum atomic E-state index is 13.8. The van der Waals surface area contributed by atoms with Crippen molar-refractivity contribution in [2.75, 3.05) is 38.5 Å². The third-order valence-corrected chi connectivity index (χ3v) is 7.65. The van der Waals surface area contributed by atoms with Crippen molar-refractivity contribution in [1.82, 2.24) is 9.80 Å². The first-order valence-electron chi connectivity index (χ1n) is 12.7. The SMILES string of the molecule is Cc1cc(F)cc(NC(=O)N2CC3CN(C)CC(C2)C3c2ccc(-c3ccc(CN)cc3C#N)cc2)c1. The highest BCUT2D eigenvalue weighted by molar-refractivity contribution is 5.89. The minimum Gasteiger partial charge on any atom is -0.326 e. The van der Waals surface area contributed by atoms with Crippen molar-refractivity contribution in [3.8, 4) is 17.2 Å². The van der Waals surface area contributed by atoms with Crippen LogP contribution in [0.2, 0.25) is 0 Å². The normalized spacial score (nSPS) is 21.4. The van der Waals surface area contributed by atoms with Crippen molar-refractivity contribution in [3.05, 3.63) is 88.7 Å². The summed E-state index contributed by atoms with van der Waals surface area (Å²) in [5, 5.41) is 12.5. The van der Waals surface area contributed by atoms with Crippen LogP contribution in [0.1, 0.15) is 28.2 Å². The number of likely N-dealkylation sites (tertiary alicyclic amines) is 2. The van der Waals surface area contributed by atoms with Crippen molar-refractivity contribution in [1.29, 1.82) is 5.26 Å². The molecule has 37 heavy (non-hydrogen) atoms. The van der Waals surface area contributed by atoms with Gasteiger partial charge in [0.15, 0.2) is 0 Å². The second kappa shape index (κ2) is 10.3. The Bertz CT molecular complexity index is 1310. The zero-order chi connectivity index (χ0) is 26.1. The lowest BCUT2D eigenvalue weighted by Crippen LogP contribution is -2.57. The molecule has 5 rings (SSSR count). The fourth-order valence-corrected chi connectivity index (χ4v) is 6.14. The third-order valence-electron chi connectivity index (χ3n) is 7.65. The molecule has 2 atom stereocenters. The molecular formula is C30H32FN5O. The fraction of sp³-hybridized carbons (Fsp3) is 0.333. The first kappa shape index (κ1) is 24.9. The fourth-order valence-electron chi connectivity index (χ4n) is 6.14. The summed E-state index contributed by atoms with van der Waals surface area (Å²) in [5.74, 6) is 0.581. The Kier molecular flexibility index (Phi) is 6.96. The van der Waals surface area contributed by atoms with E-state index in [-0.39, 0.29) is 11.8 Å². The standard InChI is InChI=1S/C30H32FN5O/c1-19-9-26(31)12-27(10-19)34-30(37)36-17-24-15-35(2)16-25(18-36)29(24)22-6-4-21(5-7-22)28-8-3-20(13-32)11-23(28)14-33/h3-12,24-25,29H,13,15-18,32H2,1-2H3,(H,34,37). The van der Waals surface area contributed by atoms with Gasteiger partial charge in [0.05, 0.1) is 11.6 Å². The quantitative estimate of drug-likeness (QED) is 0.535. The van der Waals surface area contributed by atoms with E-state index in [2.05, 4.69) is 47.6 Å². The van der Waals surface area contributed by atoms with Gasteiger partial charge in [-0.25, -0.2) is 9.18 Å². The van der Waals surface area contributed by atoms with Crippen LogP contribution in [-0.2, 0) is 6.54 Å². The predicted molar refractivity (Wildman–Crippen MR) is 143 cm³/mol. The molecule has 2 saturated heterocycles. The Balaban J connectivity index is 1.34. The van der Waals surface area contributed by atoms with Crippen LogP contribution in [0.3, 0.4) is 0 Å². The van der Waals surface area contributed by atoms with Gasteiger partial charge < -0.3 is 20.9 Å². The Labute approximate surface area is 217 Å². The molecule has 0 aromatic heterocycles. The number of anilines is 1. The molecule has 2 aliphatic rings. The van der Waals surface area contributed by atoms with Crippen molar-refractivity contribution in [3.63, 3.8) is 0 Å². The second-order valence-corrected chi connectivity index (χ2v) is 10.4. The summed E-state index contributed by atoms with van der Waals surface area (Å²) in [6, 6.07) is 21.0. The average Bonchev–Trinajstić information content (AvgIpc) is 2.87. The van der Waals surface area contributed by atoms with E-state index in [1.807, 2.05) is 30.0 Å². The molecular weight excluding hydrogens is 465 g/mol. The summed E-state index contributed by atoms with van der Waals surface area (Å²) in [6.07, 6.45) is 0. The highest BCUT2D eigenvalue weighted by Gasteiger charge is 2.43. The van der Waals surface area contributed by atoms with Gasteiger partial charge in [-0.15, -0.1) is 0 Å². The topological polar surface area (TPSA) is 85.4 Å². The molecule has 7 heteroatoms. The third kappa shape index (κ3) is 5.22. The lowest BCUT2D eigenvalue weighted by atomic mass is 9.70. The van der Waals surface area contributed by atoms with Crippen LogP contribution in [0.4, 0.5) is 14.9 Å².